The molecule has 1 saturated heterocycles. The molecule has 0 radical (unpaired) electrons. The summed E-state index contributed by atoms with van der Waals surface area (Å²) in [7, 11) is 3.25. The normalized spacial score (nSPS) is 14.2. The number of aliphatic carboxylic acids is 2. The maximum Gasteiger partial charge on any atom is 0.341 e. The van der Waals surface area contributed by atoms with Gasteiger partial charge in [-0.05, 0) is 87.8 Å². The van der Waals surface area contributed by atoms with Crippen molar-refractivity contribution in [2.45, 2.75) is 58.4 Å². The number of amides is 1. The van der Waals surface area contributed by atoms with Crippen LogP contribution in [-0.2, 0) is 41.6 Å². The molecule has 1 amide bonds. The number of nitrogens with zero attached hydrogens (tertiary/aromatic N) is 1. The number of methoxy groups -OCH3 is 2. The Morgan fingerprint density at radius 1 is 0.957 bits per heavy atom. The molecule has 0 spiro atoms. The van der Waals surface area contributed by atoms with Gasteiger partial charge in [0.15, 0.2) is 18.1 Å². The average Bonchev–Trinajstić information content (AvgIpc) is 3.05. The minimum absolute atomic E-state index is 0.240. The number of ether oxygens (including phenoxy) is 4. The van der Waals surface area contributed by atoms with E-state index in [2.05, 4.69) is 6.58 Å². The summed E-state index contributed by atoms with van der Waals surface area (Å²) >= 11 is 0. The van der Waals surface area contributed by atoms with Gasteiger partial charge in [-0.1, -0.05) is 24.8 Å². The van der Waals surface area contributed by atoms with E-state index in [0.717, 1.165) is 47.3 Å². The van der Waals surface area contributed by atoms with E-state index in [-0.39, 0.29) is 19.8 Å². The highest BCUT2D eigenvalue weighted by Gasteiger charge is 2.41. The van der Waals surface area contributed by atoms with Crippen molar-refractivity contribution in [3.8, 4) is 17.2 Å². The topological polar surface area (TPSA) is 166 Å². The number of esters is 1. The first-order valence-electron chi connectivity index (χ1n) is 14.8. The van der Waals surface area contributed by atoms with Crippen LogP contribution in [0.3, 0.4) is 0 Å². The van der Waals surface area contributed by atoms with Gasteiger partial charge in [-0.15, -0.1) is 0 Å². The summed E-state index contributed by atoms with van der Waals surface area (Å²) in [6, 6.07) is 12.5. The second kappa shape index (κ2) is 18.2. The van der Waals surface area contributed by atoms with E-state index < -0.39 is 41.1 Å². The highest BCUT2D eigenvalue weighted by Crippen LogP contribution is 2.28. The monoisotopic (exact) mass is 641 g/mol. The molecule has 0 saturated carbocycles. The molecule has 12 heteroatoms. The minimum atomic E-state index is -1.23. The van der Waals surface area contributed by atoms with Crippen LogP contribution in [0, 0.1) is 5.41 Å². The fourth-order valence-corrected chi connectivity index (χ4v) is 4.70. The number of hydrogen-bond donors (Lipinski definition) is 2. The third-order valence-corrected chi connectivity index (χ3v) is 7.24. The fraction of sp³-hybridized carbons (Fsp3) is 0.441. The van der Waals surface area contributed by atoms with Gasteiger partial charge in [0.1, 0.15) is 18.4 Å². The number of hydrogen-bond acceptors (Lipinski definition) is 9. The maximum atomic E-state index is 12.3. The van der Waals surface area contributed by atoms with Crippen molar-refractivity contribution in [1.82, 2.24) is 4.90 Å². The summed E-state index contributed by atoms with van der Waals surface area (Å²) in [5.41, 5.74) is 1.08. The van der Waals surface area contributed by atoms with Gasteiger partial charge >= 0.3 is 17.9 Å². The fourth-order valence-electron chi connectivity index (χ4n) is 4.70. The number of Topliss-reactive ketones (excluding diaryl/α,β-unsaturated/α-hetero) is 1. The van der Waals surface area contributed by atoms with Crippen LogP contribution in [-0.4, -0.2) is 84.7 Å². The molecule has 1 heterocycles. The Kier molecular flexibility index (Phi) is 14.8. The average molecular weight is 642 g/mol. The number of carbonyl (C=O) groups excluding carboxylic acids is 3. The van der Waals surface area contributed by atoms with E-state index in [1.807, 2.05) is 36.4 Å². The molecule has 2 N–H and O–H groups in total. The molecule has 3 rings (SSSR count). The zero-order valence-electron chi connectivity index (χ0n) is 26.8. The lowest BCUT2D eigenvalue weighted by molar-refractivity contribution is -0.159. The number of ketones is 1. The predicted octanol–water partition coefficient (Wildman–Crippen LogP) is 4.12. The first-order valence-corrected chi connectivity index (χ1v) is 14.8. The van der Waals surface area contributed by atoms with Gasteiger partial charge in [0.05, 0.1) is 19.6 Å². The molecule has 2 aromatic rings. The summed E-state index contributed by atoms with van der Waals surface area (Å²) in [5, 5.41) is 17.8. The summed E-state index contributed by atoms with van der Waals surface area (Å²) < 4.78 is 20.6. The maximum absolute atomic E-state index is 12.3. The summed E-state index contributed by atoms with van der Waals surface area (Å²) in [6.45, 7) is 5.84. The van der Waals surface area contributed by atoms with Crippen molar-refractivity contribution >= 4 is 29.6 Å². The molecule has 0 aromatic heterocycles. The van der Waals surface area contributed by atoms with Crippen LogP contribution in [0.5, 0.6) is 17.2 Å². The van der Waals surface area contributed by atoms with Crippen molar-refractivity contribution in [3.63, 3.8) is 0 Å². The molecular weight excluding hydrogens is 598 g/mol. The quantitative estimate of drug-likeness (QED) is 0.163. The number of likely N-dealkylation sites (tertiary alicyclic amines) is 1. The van der Waals surface area contributed by atoms with Gasteiger partial charge in [0, 0.05) is 12.6 Å². The molecule has 46 heavy (non-hydrogen) atoms. The predicted molar refractivity (Wildman–Crippen MR) is 168 cm³/mol. The second-order valence-corrected chi connectivity index (χ2v) is 11.2. The van der Waals surface area contributed by atoms with Crippen molar-refractivity contribution in [3.05, 3.63) is 66.2 Å². The Labute approximate surface area is 268 Å². The summed E-state index contributed by atoms with van der Waals surface area (Å²) in [6.07, 6.45) is 5.44. The smallest absolute Gasteiger partial charge is 0.341 e. The Bertz CT molecular complexity index is 1380. The molecular formula is C34H43NO11. The number of benzene rings is 2. The van der Waals surface area contributed by atoms with Crippen LogP contribution in [0.1, 0.15) is 50.7 Å². The zero-order chi connectivity index (χ0) is 34.3. The third kappa shape index (κ3) is 11.6. The number of aryl methyl sites for hydroxylation is 2. The number of piperidine rings is 1. The standard InChI is InChI=1S/C19H22O5.C15H21NO6/c1-22-17-10-9-15(12-18(17)23-2)6-3-5-14-7-4-8-16(11-14)24-13-19(20)21;1-4-11(17)22-9-15(2,3)12(18)13(19)16-8-6-5-7-10(16)14(20)21/h4,7-12H,3,5-6,13H2,1-2H3,(H,20,21);4,10H,1,5-9H2,2-3H3,(H,20,21). The van der Waals surface area contributed by atoms with E-state index >= 15 is 0 Å². The molecule has 2 aromatic carbocycles. The van der Waals surface area contributed by atoms with E-state index in [1.54, 1.807) is 20.3 Å². The minimum Gasteiger partial charge on any atom is -0.493 e. The van der Waals surface area contributed by atoms with E-state index in [4.69, 9.17) is 29.2 Å². The van der Waals surface area contributed by atoms with Gasteiger partial charge < -0.3 is 34.1 Å². The van der Waals surface area contributed by atoms with Gasteiger partial charge in [-0.2, -0.15) is 0 Å². The van der Waals surface area contributed by atoms with Crippen LogP contribution in [0.2, 0.25) is 0 Å². The Morgan fingerprint density at radius 2 is 1.63 bits per heavy atom. The van der Waals surface area contributed by atoms with Crippen LogP contribution in [0.15, 0.2) is 55.1 Å². The van der Waals surface area contributed by atoms with Crippen molar-refractivity contribution in [1.29, 1.82) is 0 Å². The molecule has 1 unspecified atom stereocenters. The first-order chi connectivity index (χ1) is 21.8. The largest absolute Gasteiger partial charge is 0.493 e. The van der Waals surface area contributed by atoms with Crippen molar-refractivity contribution in [2.75, 3.05) is 34.0 Å². The lowest BCUT2D eigenvalue weighted by atomic mass is 9.87. The Balaban J connectivity index is 0.000000322. The first kappa shape index (κ1) is 37.3. The molecule has 0 aliphatic carbocycles. The molecule has 12 nitrogen and oxygen atoms in total. The molecule has 250 valence electrons. The molecule has 1 aliphatic heterocycles. The summed E-state index contributed by atoms with van der Waals surface area (Å²) in [5.74, 6) is -2.34. The van der Waals surface area contributed by atoms with Crippen molar-refractivity contribution in [2.24, 2.45) is 5.41 Å². The number of carboxylic acids is 2. The Morgan fingerprint density at radius 3 is 2.24 bits per heavy atom. The number of rotatable bonds is 15. The van der Waals surface area contributed by atoms with E-state index in [0.29, 0.717) is 25.0 Å². The second-order valence-electron chi connectivity index (χ2n) is 11.2. The lowest BCUT2D eigenvalue weighted by Crippen LogP contribution is -2.53. The van der Waals surface area contributed by atoms with Crippen LogP contribution >= 0.6 is 0 Å². The lowest BCUT2D eigenvalue weighted by Gasteiger charge is -2.34. The van der Waals surface area contributed by atoms with Gasteiger partial charge in [-0.25, -0.2) is 14.4 Å². The number of carboxylic acid groups (broad SMARTS) is 2. The summed E-state index contributed by atoms with van der Waals surface area (Å²) in [4.78, 5) is 58.6. The van der Waals surface area contributed by atoms with Gasteiger partial charge in [-0.3, -0.25) is 9.59 Å². The third-order valence-electron chi connectivity index (χ3n) is 7.24. The van der Waals surface area contributed by atoms with Gasteiger partial charge in [0.25, 0.3) is 5.91 Å². The van der Waals surface area contributed by atoms with E-state index in [1.165, 1.54) is 19.4 Å². The van der Waals surface area contributed by atoms with Crippen LogP contribution in [0.4, 0.5) is 0 Å². The SMILES string of the molecule is C=CC(=O)OCC(C)(C)C(=O)C(=O)N1CCCCC1C(=O)O.COc1ccc(CCCc2cccc(OCC(=O)O)c2)cc1OC. The van der Waals surface area contributed by atoms with Crippen LogP contribution < -0.4 is 14.2 Å². The molecule has 1 aliphatic rings. The molecule has 0 bridgehead atoms. The zero-order valence-corrected chi connectivity index (χ0v) is 26.8. The van der Waals surface area contributed by atoms with Gasteiger partial charge in [0.2, 0.25) is 5.78 Å². The van der Waals surface area contributed by atoms with Crippen LogP contribution in [0.25, 0.3) is 0 Å². The number of carbonyl (C=O) groups is 5. The Hall–Kier alpha value is -4.87. The highest BCUT2D eigenvalue weighted by molar-refractivity contribution is 6.38. The molecule has 1 atom stereocenters. The molecule has 1 fully saturated rings. The van der Waals surface area contributed by atoms with E-state index in [9.17, 15) is 24.0 Å². The highest BCUT2D eigenvalue weighted by atomic mass is 16.5. The van der Waals surface area contributed by atoms with Crippen molar-refractivity contribution < 1.29 is 53.1 Å².